The maximum atomic E-state index is 10.0. The van der Waals surface area contributed by atoms with Gasteiger partial charge in [0.1, 0.15) is 24.4 Å². The lowest BCUT2D eigenvalue weighted by atomic mass is 10.1. The summed E-state index contributed by atoms with van der Waals surface area (Å²) in [6.45, 7) is -0.0449. The Kier molecular flexibility index (Phi) is 5.96. The summed E-state index contributed by atoms with van der Waals surface area (Å²) >= 11 is 0. The van der Waals surface area contributed by atoms with Crippen LogP contribution in [0.5, 0.6) is 0 Å². The second-order valence-corrected chi connectivity index (χ2v) is 3.83. The predicted octanol–water partition coefficient (Wildman–Crippen LogP) is -2.99. The quantitative estimate of drug-likeness (QED) is 0.257. The zero-order valence-corrected chi connectivity index (χ0v) is 8.69. The van der Waals surface area contributed by atoms with Crippen LogP contribution in [0.3, 0.4) is 0 Å². The second-order valence-electron chi connectivity index (χ2n) is 2.93. The normalized spacial score (nSPS) is 31.4. The van der Waals surface area contributed by atoms with Gasteiger partial charge in [-0.25, -0.2) is 0 Å². The maximum Gasteiger partial charge on any atom is 0.394 e. The van der Waals surface area contributed by atoms with Crippen molar-refractivity contribution in [2.45, 2.75) is 24.4 Å². The molecule has 0 aromatic heterocycles. The Morgan fingerprint density at radius 3 is 2.00 bits per heavy atom. The summed E-state index contributed by atoms with van der Waals surface area (Å²) in [7, 11) is -4.67. The first-order chi connectivity index (χ1) is 7.16. The minimum atomic E-state index is -4.67. The highest BCUT2D eigenvalue weighted by atomic mass is 32.3. The fourth-order valence-electron chi connectivity index (χ4n) is 1.00. The van der Waals surface area contributed by atoms with Gasteiger partial charge in [-0.2, -0.15) is 8.42 Å². The molecule has 0 aromatic rings. The number of rotatable bonds is 2. The third-order valence-electron chi connectivity index (χ3n) is 1.67. The SMILES string of the molecule is O=C[C@H](O)[C@H]1OC[C@@H](O)[C@@H]1O.O=S(=O)(O)O. The molecule has 9 nitrogen and oxygen atoms in total. The predicted molar refractivity (Wildman–Crippen MR) is 48.0 cm³/mol. The van der Waals surface area contributed by atoms with Crippen LogP contribution in [-0.2, 0) is 19.9 Å². The fraction of sp³-hybridized carbons (Fsp3) is 0.833. The highest BCUT2D eigenvalue weighted by Crippen LogP contribution is 2.16. The van der Waals surface area contributed by atoms with E-state index in [1.165, 1.54) is 0 Å². The molecule has 0 spiro atoms. The Bertz CT molecular complexity index is 304. The molecule has 0 aliphatic carbocycles. The third-order valence-corrected chi connectivity index (χ3v) is 1.67. The first-order valence-corrected chi connectivity index (χ1v) is 5.37. The average molecular weight is 260 g/mol. The molecule has 0 amide bonds. The Balaban J connectivity index is 0.000000385. The van der Waals surface area contributed by atoms with Gasteiger partial charge in [0, 0.05) is 0 Å². The van der Waals surface area contributed by atoms with Gasteiger partial charge in [0.2, 0.25) is 0 Å². The van der Waals surface area contributed by atoms with E-state index < -0.39 is 34.8 Å². The van der Waals surface area contributed by atoms with Gasteiger partial charge in [0.15, 0.2) is 6.29 Å². The molecule has 16 heavy (non-hydrogen) atoms. The average Bonchev–Trinajstić information content (AvgIpc) is 2.44. The van der Waals surface area contributed by atoms with E-state index in [1.807, 2.05) is 0 Å². The molecule has 5 N–H and O–H groups in total. The van der Waals surface area contributed by atoms with E-state index in [0.717, 1.165) is 0 Å². The zero-order valence-electron chi connectivity index (χ0n) is 7.87. The molecule has 1 aliphatic rings. The van der Waals surface area contributed by atoms with Crippen molar-refractivity contribution < 1.29 is 42.4 Å². The topological polar surface area (TPSA) is 162 Å². The molecule has 0 bridgehead atoms. The lowest BCUT2D eigenvalue weighted by Gasteiger charge is -2.15. The van der Waals surface area contributed by atoms with Gasteiger partial charge >= 0.3 is 10.4 Å². The van der Waals surface area contributed by atoms with E-state index in [1.54, 1.807) is 0 Å². The van der Waals surface area contributed by atoms with Gasteiger partial charge in [-0.3, -0.25) is 9.11 Å². The van der Waals surface area contributed by atoms with Crippen molar-refractivity contribution in [2.24, 2.45) is 0 Å². The Morgan fingerprint density at radius 1 is 1.31 bits per heavy atom. The summed E-state index contributed by atoms with van der Waals surface area (Å²) in [6.07, 6.45) is -4.25. The zero-order chi connectivity index (χ0) is 12.9. The molecule has 0 radical (unpaired) electrons. The van der Waals surface area contributed by atoms with Crippen molar-refractivity contribution in [3.05, 3.63) is 0 Å². The Labute approximate surface area is 90.9 Å². The van der Waals surface area contributed by atoms with Gasteiger partial charge in [-0.15, -0.1) is 0 Å². The number of carbonyl (C=O) groups excluding carboxylic acids is 1. The van der Waals surface area contributed by atoms with Crippen LogP contribution in [0.25, 0.3) is 0 Å². The molecular formula is C6H12O9S. The number of hydrogen-bond acceptors (Lipinski definition) is 7. The molecular weight excluding hydrogens is 248 g/mol. The number of hydrogen-bond donors (Lipinski definition) is 5. The number of carbonyl (C=O) groups is 1. The first-order valence-electron chi connectivity index (χ1n) is 3.97. The van der Waals surface area contributed by atoms with Crippen molar-refractivity contribution in [3.63, 3.8) is 0 Å². The largest absolute Gasteiger partial charge is 0.394 e. The molecule has 4 atom stereocenters. The van der Waals surface area contributed by atoms with Crippen molar-refractivity contribution in [2.75, 3.05) is 6.61 Å². The summed E-state index contributed by atoms with van der Waals surface area (Å²) in [4.78, 5) is 10.0. The molecule has 1 heterocycles. The van der Waals surface area contributed by atoms with E-state index >= 15 is 0 Å². The van der Waals surface area contributed by atoms with Crippen LogP contribution < -0.4 is 0 Å². The summed E-state index contributed by atoms with van der Waals surface area (Å²) in [5.41, 5.74) is 0. The minimum absolute atomic E-state index is 0.0449. The number of aliphatic hydroxyl groups is 3. The standard InChI is InChI=1S/C6H10O5.H2O4S/c7-1-3(8)6-5(10)4(9)2-11-6;1-5(2,3)4/h1,3-6,8-10H,2H2;(H2,1,2,3,4)/t3-,4+,5-,6+;/m0./s1. The summed E-state index contributed by atoms with van der Waals surface area (Å²) in [5, 5.41) is 26.9. The van der Waals surface area contributed by atoms with Gasteiger partial charge < -0.3 is 24.9 Å². The van der Waals surface area contributed by atoms with Crippen LogP contribution in [0.2, 0.25) is 0 Å². The number of aldehydes is 1. The molecule has 0 aromatic carbocycles. The molecule has 96 valence electrons. The smallest absolute Gasteiger partial charge is 0.388 e. The van der Waals surface area contributed by atoms with Crippen LogP contribution >= 0.6 is 0 Å². The van der Waals surface area contributed by atoms with Crippen molar-refractivity contribution in [1.29, 1.82) is 0 Å². The summed E-state index contributed by atoms with van der Waals surface area (Å²) in [5.74, 6) is 0. The van der Waals surface area contributed by atoms with E-state index in [4.69, 9.17) is 37.6 Å². The van der Waals surface area contributed by atoms with Crippen LogP contribution in [0.15, 0.2) is 0 Å². The minimum Gasteiger partial charge on any atom is -0.388 e. The van der Waals surface area contributed by atoms with Crippen molar-refractivity contribution in [1.82, 2.24) is 0 Å². The van der Waals surface area contributed by atoms with Crippen molar-refractivity contribution in [3.8, 4) is 0 Å². The molecule has 0 unspecified atom stereocenters. The molecule has 1 aliphatic heterocycles. The number of aliphatic hydroxyl groups excluding tert-OH is 3. The van der Waals surface area contributed by atoms with E-state index in [9.17, 15) is 4.79 Å². The van der Waals surface area contributed by atoms with E-state index in [2.05, 4.69) is 0 Å². The van der Waals surface area contributed by atoms with Crippen LogP contribution in [0.1, 0.15) is 0 Å². The van der Waals surface area contributed by atoms with Gasteiger partial charge in [0.25, 0.3) is 0 Å². The molecule has 1 fully saturated rings. The fourth-order valence-corrected chi connectivity index (χ4v) is 1.00. The van der Waals surface area contributed by atoms with Gasteiger partial charge in [-0.1, -0.05) is 0 Å². The first kappa shape index (κ1) is 15.4. The Hall–Kier alpha value is -0.620. The van der Waals surface area contributed by atoms with Crippen LogP contribution in [0, 0.1) is 0 Å². The van der Waals surface area contributed by atoms with Crippen LogP contribution in [-0.4, -0.2) is 70.2 Å². The second kappa shape index (κ2) is 6.20. The maximum absolute atomic E-state index is 10.0. The van der Waals surface area contributed by atoms with E-state index in [-0.39, 0.29) is 12.9 Å². The summed E-state index contributed by atoms with van der Waals surface area (Å²) < 4.78 is 36.3. The molecule has 0 saturated carbocycles. The molecule has 1 rings (SSSR count). The van der Waals surface area contributed by atoms with Crippen LogP contribution in [0.4, 0.5) is 0 Å². The highest BCUT2D eigenvalue weighted by Gasteiger charge is 2.38. The van der Waals surface area contributed by atoms with Gasteiger partial charge in [-0.05, 0) is 0 Å². The third kappa shape index (κ3) is 6.07. The molecule has 10 heteroatoms. The molecule has 1 saturated heterocycles. The van der Waals surface area contributed by atoms with E-state index in [0.29, 0.717) is 0 Å². The summed E-state index contributed by atoms with van der Waals surface area (Å²) in [6, 6.07) is 0. The lowest BCUT2D eigenvalue weighted by Crippen LogP contribution is -2.39. The highest BCUT2D eigenvalue weighted by molar-refractivity contribution is 7.79. The van der Waals surface area contributed by atoms with Crippen molar-refractivity contribution >= 4 is 16.7 Å². The Morgan fingerprint density at radius 2 is 1.75 bits per heavy atom. The monoisotopic (exact) mass is 260 g/mol. The van der Waals surface area contributed by atoms with Gasteiger partial charge in [0.05, 0.1) is 6.61 Å². The lowest BCUT2D eigenvalue weighted by molar-refractivity contribution is -0.124. The number of ether oxygens (including phenoxy) is 1.